The van der Waals surface area contributed by atoms with E-state index in [0.29, 0.717) is 16.3 Å². The maximum absolute atomic E-state index is 13.4. The maximum atomic E-state index is 13.4. The number of carbonyl (C=O) groups excluding carboxylic acids is 2. The molecule has 9 nitrogen and oxygen atoms in total. The fourth-order valence-corrected chi connectivity index (χ4v) is 5.79. The van der Waals surface area contributed by atoms with Crippen LogP contribution in [0.3, 0.4) is 0 Å². The highest BCUT2D eigenvalue weighted by molar-refractivity contribution is 7.19. The Bertz CT molecular complexity index is 1310. The predicted octanol–water partition coefficient (Wildman–Crippen LogP) is 6.53. The van der Waals surface area contributed by atoms with Crippen molar-refractivity contribution in [3.8, 4) is 16.3 Å². The van der Waals surface area contributed by atoms with Gasteiger partial charge in [0, 0.05) is 5.56 Å². The smallest absolute Gasteiger partial charge is 0.326 e. The van der Waals surface area contributed by atoms with Crippen LogP contribution in [0.25, 0.3) is 10.6 Å². The number of nitrogens with zero attached hydrogens (tertiary/aromatic N) is 1. The summed E-state index contributed by atoms with van der Waals surface area (Å²) in [5.74, 6) is -1.32. The highest BCUT2D eigenvalue weighted by Crippen LogP contribution is 2.35. The molecule has 1 aliphatic carbocycles. The molecule has 0 aliphatic heterocycles. The van der Waals surface area contributed by atoms with E-state index in [4.69, 9.17) is 27.9 Å². The number of aromatic nitrogens is 1. The Hall–Kier alpha value is -3.34. The van der Waals surface area contributed by atoms with Crippen molar-refractivity contribution >= 4 is 63.1 Å². The van der Waals surface area contributed by atoms with Gasteiger partial charge in [-0.3, -0.25) is 10.1 Å². The van der Waals surface area contributed by atoms with Crippen molar-refractivity contribution in [2.24, 2.45) is 5.92 Å². The highest BCUT2D eigenvalue weighted by Gasteiger charge is 2.32. The molecule has 200 valence electrons. The van der Waals surface area contributed by atoms with Crippen LogP contribution in [0.5, 0.6) is 5.75 Å². The lowest BCUT2D eigenvalue weighted by atomic mass is 9.84. The van der Waals surface area contributed by atoms with Crippen LogP contribution < -0.4 is 20.7 Å². The first-order valence-corrected chi connectivity index (χ1v) is 13.5. The van der Waals surface area contributed by atoms with Gasteiger partial charge in [-0.1, -0.05) is 59.9 Å². The third kappa shape index (κ3) is 6.56. The molecule has 0 radical (unpaired) electrons. The van der Waals surface area contributed by atoms with Gasteiger partial charge in [0.05, 0.1) is 22.8 Å². The van der Waals surface area contributed by atoms with Crippen LogP contribution >= 0.6 is 34.5 Å². The lowest BCUT2D eigenvalue weighted by molar-refractivity contribution is -0.141. The molecule has 1 fully saturated rings. The van der Waals surface area contributed by atoms with Crippen molar-refractivity contribution in [3.63, 3.8) is 0 Å². The number of benzene rings is 2. The molecule has 3 aromatic rings. The number of aliphatic carboxylic acids is 1. The molecule has 12 heteroatoms. The number of carboxylic acids is 1. The summed E-state index contributed by atoms with van der Waals surface area (Å²) in [7, 11) is 1.55. The van der Waals surface area contributed by atoms with Gasteiger partial charge < -0.3 is 20.5 Å². The second-order valence-electron chi connectivity index (χ2n) is 8.79. The highest BCUT2D eigenvalue weighted by atomic mass is 35.5. The van der Waals surface area contributed by atoms with Gasteiger partial charge in [-0.2, -0.15) is 0 Å². The maximum Gasteiger partial charge on any atom is 0.326 e. The number of carboxylic acid groups (broad SMARTS) is 1. The van der Waals surface area contributed by atoms with Gasteiger partial charge in [0.1, 0.15) is 21.8 Å². The number of rotatable bonds is 8. The predicted molar refractivity (Wildman–Crippen MR) is 149 cm³/mol. The summed E-state index contributed by atoms with van der Waals surface area (Å²) in [4.78, 5) is 42.7. The number of anilines is 2. The lowest BCUT2D eigenvalue weighted by Gasteiger charge is -2.27. The molecule has 0 spiro atoms. The molecule has 1 saturated carbocycles. The van der Waals surface area contributed by atoms with Crippen molar-refractivity contribution < 1.29 is 24.2 Å². The van der Waals surface area contributed by atoms with E-state index in [1.807, 2.05) is 0 Å². The largest absolute Gasteiger partial charge is 0.497 e. The number of thiazole rings is 1. The Morgan fingerprint density at radius 1 is 1.03 bits per heavy atom. The number of methoxy groups -OCH3 is 1. The molecule has 2 aromatic carbocycles. The van der Waals surface area contributed by atoms with E-state index in [9.17, 15) is 19.5 Å². The van der Waals surface area contributed by atoms with Gasteiger partial charge in [0.15, 0.2) is 5.69 Å². The number of halogens is 2. The third-order valence-electron chi connectivity index (χ3n) is 6.28. The summed E-state index contributed by atoms with van der Waals surface area (Å²) < 4.78 is 5.20. The van der Waals surface area contributed by atoms with Crippen LogP contribution in [0.4, 0.5) is 15.5 Å². The average molecular weight is 577 g/mol. The Labute approximate surface area is 233 Å². The minimum absolute atomic E-state index is 0.0942. The number of ether oxygens (including phenoxy) is 1. The normalized spacial score (nSPS) is 14.4. The molecule has 1 aromatic heterocycles. The summed E-state index contributed by atoms with van der Waals surface area (Å²) in [6.45, 7) is 0. The standard InChI is InChI=1S/C26H26Cl2N4O5S/c1-37-16-12-10-15(11-13-16)23-30-21(22(33)29-19(25(34)35)14-6-3-2-4-7-14)24(38-23)32-26(36)31-20-17(27)8-5-9-18(20)28/h5,8-14,19H,2-4,6-7H2,1H3,(H,29,33)(H,34,35)(H2,31,32,36)/t19-/m0/s1. The minimum atomic E-state index is -1.10. The van der Waals surface area contributed by atoms with E-state index in [1.165, 1.54) is 0 Å². The number of urea groups is 1. The Kier molecular flexibility index (Phi) is 9.09. The van der Waals surface area contributed by atoms with Crippen LogP contribution in [-0.2, 0) is 4.79 Å². The van der Waals surface area contributed by atoms with Crippen LogP contribution in [0.15, 0.2) is 42.5 Å². The number of hydrogen-bond donors (Lipinski definition) is 4. The van der Waals surface area contributed by atoms with Crippen molar-refractivity contribution in [2.75, 3.05) is 17.7 Å². The van der Waals surface area contributed by atoms with Gasteiger partial charge in [0.2, 0.25) is 0 Å². The zero-order valence-corrected chi connectivity index (χ0v) is 22.8. The Morgan fingerprint density at radius 2 is 1.68 bits per heavy atom. The van der Waals surface area contributed by atoms with E-state index in [-0.39, 0.29) is 32.3 Å². The Balaban J connectivity index is 1.62. The molecule has 1 atom stereocenters. The van der Waals surface area contributed by atoms with Gasteiger partial charge in [-0.25, -0.2) is 14.6 Å². The summed E-state index contributed by atoms with van der Waals surface area (Å²) in [6, 6.07) is 10.1. The molecular weight excluding hydrogens is 551 g/mol. The van der Waals surface area contributed by atoms with Crippen molar-refractivity contribution in [3.05, 3.63) is 58.2 Å². The molecule has 1 heterocycles. The quantitative estimate of drug-likeness (QED) is 0.241. The summed E-state index contributed by atoms with van der Waals surface area (Å²) in [5, 5.41) is 18.8. The number of para-hydroxylation sites is 1. The van der Waals surface area contributed by atoms with Crippen LogP contribution in [0, 0.1) is 5.92 Å². The fraction of sp³-hybridized carbons (Fsp3) is 0.308. The average Bonchev–Trinajstić information content (AvgIpc) is 3.33. The summed E-state index contributed by atoms with van der Waals surface area (Å²) in [6.07, 6.45) is 4.32. The number of hydrogen-bond acceptors (Lipinski definition) is 6. The number of carbonyl (C=O) groups is 3. The second kappa shape index (κ2) is 12.5. The summed E-state index contributed by atoms with van der Waals surface area (Å²) >= 11 is 13.4. The fourth-order valence-electron chi connectivity index (χ4n) is 4.34. The van der Waals surface area contributed by atoms with E-state index in [0.717, 1.165) is 43.4 Å². The lowest BCUT2D eigenvalue weighted by Crippen LogP contribution is -2.46. The van der Waals surface area contributed by atoms with E-state index >= 15 is 0 Å². The van der Waals surface area contributed by atoms with E-state index in [1.54, 1.807) is 49.6 Å². The van der Waals surface area contributed by atoms with Crippen LogP contribution in [-0.4, -0.2) is 41.1 Å². The van der Waals surface area contributed by atoms with Crippen molar-refractivity contribution in [1.82, 2.24) is 10.3 Å². The first kappa shape index (κ1) is 27.7. The molecule has 0 unspecified atom stereocenters. The Morgan fingerprint density at radius 3 is 2.29 bits per heavy atom. The molecule has 0 saturated heterocycles. The molecule has 1 aliphatic rings. The SMILES string of the molecule is COc1ccc(-c2nc(C(=O)N[C@H](C(=O)O)C3CCCCC3)c(NC(=O)Nc3c(Cl)cccc3Cl)s2)cc1. The number of amides is 3. The second-order valence-corrected chi connectivity index (χ2v) is 10.6. The molecular formula is C26H26Cl2N4O5S. The zero-order valence-electron chi connectivity index (χ0n) is 20.4. The zero-order chi connectivity index (χ0) is 27.2. The third-order valence-corrected chi connectivity index (χ3v) is 7.93. The molecule has 3 amide bonds. The van der Waals surface area contributed by atoms with Crippen LogP contribution in [0.2, 0.25) is 10.0 Å². The topological polar surface area (TPSA) is 130 Å². The first-order chi connectivity index (χ1) is 18.3. The van der Waals surface area contributed by atoms with Crippen molar-refractivity contribution in [1.29, 1.82) is 0 Å². The van der Waals surface area contributed by atoms with Crippen LogP contribution in [0.1, 0.15) is 42.6 Å². The molecule has 4 rings (SSSR count). The van der Waals surface area contributed by atoms with Crippen molar-refractivity contribution in [2.45, 2.75) is 38.1 Å². The van der Waals surface area contributed by atoms with Gasteiger partial charge in [-0.05, 0) is 55.2 Å². The van der Waals surface area contributed by atoms with E-state index in [2.05, 4.69) is 20.9 Å². The number of nitrogens with one attached hydrogen (secondary N) is 3. The molecule has 38 heavy (non-hydrogen) atoms. The summed E-state index contributed by atoms with van der Waals surface area (Å²) in [5.41, 5.74) is 0.806. The molecule has 0 bridgehead atoms. The van der Waals surface area contributed by atoms with Gasteiger partial charge in [-0.15, -0.1) is 0 Å². The monoisotopic (exact) mass is 576 g/mol. The first-order valence-electron chi connectivity index (χ1n) is 12.0. The van der Waals surface area contributed by atoms with Gasteiger partial charge in [0.25, 0.3) is 5.91 Å². The van der Waals surface area contributed by atoms with Gasteiger partial charge >= 0.3 is 12.0 Å². The van der Waals surface area contributed by atoms with E-state index < -0.39 is 23.9 Å². The molecule has 4 N–H and O–H groups in total. The minimum Gasteiger partial charge on any atom is -0.497 e.